The number of aromatic nitrogens is 4. The Hall–Kier alpha value is -1.66. The van der Waals surface area contributed by atoms with E-state index in [1.54, 1.807) is 0 Å². The van der Waals surface area contributed by atoms with Gasteiger partial charge in [-0.3, -0.25) is 0 Å². The number of azide groups is 1. The highest BCUT2D eigenvalue weighted by molar-refractivity contribution is 5.04. The number of aliphatic hydroxyl groups is 1. The first-order valence-electron chi connectivity index (χ1n) is 5.26. The van der Waals surface area contributed by atoms with Crippen LogP contribution in [0.2, 0.25) is 0 Å². The highest BCUT2D eigenvalue weighted by Crippen LogP contribution is 2.40. The number of hydrogen-bond donors (Lipinski definition) is 2. The van der Waals surface area contributed by atoms with E-state index < -0.39 is 11.6 Å². The lowest BCUT2D eigenvalue weighted by atomic mass is 9.78. The minimum atomic E-state index is -0.960. The molecular weight excluding hydrogens is 210 g/mol. The Morgan fingerprint density at radius 3 is 2.75 bits per heavy atom. The fourth-order valence-corrected chi connectivity index (χ4v) is 2.22. The van der Waals surface area contributed by atoms with Crippen LogP contribution in [0.25, 0.3) is 10.4 Å². The summed E-state index contributed by atoms with van der Waals surface area (Å²) in [6.07, 6.45) is 3.36. The van der Waals surface area contributed by atoms with E-state index in [9.17, 15) is 5.11 Å². The van der Waals surface area contributed by atoms with Crippen molar-refractivity contribution < 1.29 is 5.11 Å². The van der Waals surface area contributed by atoms with Crippen LogP contribution in [-0.2, 0) is 0 Å². The molecule has 1 aliphatic carbocycles. The van der Waals surface area contributed by atoms with Gasteiger partial charge >= 0.3 is 0 Å². The summed E-state index contributed by atoms with van der Waals surface area (Å²) in [6.45, 7) is 0. The first-order valence-corrected chi connectivity index (χ1v) is 5.26. The van der Waals surface area contributed by atoms with Gasteiger partial charge in [-0.05, 0) is 28.8 Å². The van der Waals surface area contributed by atoms with Gasteiger partial charge in [-0.15, -0.1) is 5.10 Å². The van der Waals surface area contributed by atoms with Crippen molar-refractivity contribution in [1.82, 2.24) is 20.6 Å². The third-order valence-corrected chi connectivity index (χ3v) is 3.09. The zero-order valence-corrected chi connectivity index (χ0v) is 8.74. The average Bonchev–Trinajstić information content (AvgIpc) is 2.83. The zero-order chi connectivity index (χ0) is 11.4. The quantitative estimate of drug-likeness (QED) is 0.454. The van der Waals surface area contributed by atoms with Gasteiger partial charge in [-0.2, -0.15) is 0 Å². The second kappa shape index (κ2) is 4.46. The van der Waals surface area contributed by atoms with Gasteiger partial charge in [0.1, 0.15) is 6.10 Å². The molecule has 2 N–H and O–H groups in total. The van der Waals surface area contributed by atoms with Crippen molar-refractivity contribution in [2.45, 2.75) is 43.7 Å². The normalized spacial score (nSPS) is 21.1. The molecular formula is C8H13N7O. The maximum Gasteiger partial charge on any atom is 0.178 e. The Bertz CT molecular complexity index is 377. The second-order valence-corrected chi connectivity index (χ2v) is 4.04. The van der Waals surface area contributed by atoms with Gasteiger partial charge in [0.15, 0.2) is 5.82 Å². The van der Waals surface area contributed by atoms with Crippen molar-refractivity contribution in [1.29, 1.82) is 0 Å². The summed E-state index contributed by atoms with van der Waals surface area (Å²) in [7, 11) is 0. The van der Waals surface area contributed by atoms with Crippen molar-refractivity contribution in [3.05, 3.63) is 16.3 Å². The number of H-pyrrole nitrogens is 1. The Kier molecular flexibility index (Phi) is 3.02. The fraction of sp³-hybridized carbons (Fsp3) is 0.875. The molecule has 8 heteroatoms. The highest BCUT2D eigenvalue weighted by Gasteiger charge is 2.41. The monoisotopic (exact) mass is 223 g/mol. The smallest absolute Gasteiger partial charge is 0.178 e. The molecule has 86 valence electrons. The highest BCUT2D eigenvalue weighted by atomic mass is 16.3. The molecule has 0 saturated heterocycles. The standard InChI is InChI=1S/C8H13N7O/c9-13-12-8(4-2-1-3-5-8)6(16)7-10-14-15-11-7/h6,16H,1-5H2,(H,10,11,14,15). The summed E-state index contributed by atoms with van der Waals surface area (Å²) in [5, 5.41) is 27.0. The molecule has 0 bridgehead atoms. The van der Waals surface area contributed by atoms with Crippen LogP contribution in [0.15, 0.2) is 5.11 Å². The Morgan fingerprint density at radius 1 is 1.44 bits per heavy atom. The molecule has 0 aromatic carbocycles. The molecule has 0 amide bonds. The van der Waals surface area contributed by atoms with Crippen molar-refractivity contribution >= 4 is 0 Å². The minimum Gasteiger partial charge on any atom is -0.384 e. The summed E-state index contributed by atoms with van der Waals surface area (Å²) in [5.41, 5.74) is 7.82. The lowest BCUT2D eigenvalue weighted by Gasteiger charge is -2.35. The van der Waals surface area contributed by atoms with E-state index in [4.69, 9.17) is 5.53 Å². The lowest BCUT2D eigenvalue weighted by Crippen LogP contribution is -2.36. The number of tetrazole rings is 1. The number of aromatic amines is 1. The van der Waals surface area contributed by atoms with E-state index >= 15 is 0 Å². The van der Waals surface area contributed by atoms with Crippen LogP contribution >= 0.6 is 0 Å². The van der Waals surface area contributed by atoms with Gasteiger partial charge in [0.05, 0.1) is 5.54 Å². The van der Waals surface area contributed by atoms with E-state index in [0.29, 0.717) is 12.8 Å². The maximum absolute atomic E-state index is 10.2. The lowest BCUT2D eigenvalue weighted by molar-refractivity contribution is 0.0520. The van der Waals surface area contributed by atoms with Gasteiger partial charge in [0.25, 0.3) is 0 Å². The van der Waals surface area contributed by atoms with Crippen molar-refractivity contribution in [3.8, 4) is 0 Å². The third-order valence-electron chi connectivity index (χ3n) is 3.09. The van der Waals surface area contributed by atoms with E-state index in [1.165, 1.54) is 0 Å². The van der Waals surface area contributed by atoms with Crippen LogP contribution in [0.3, 0.4) is 0 Å². The zero-order valence-electron chi connectivity index (χ0n) is 8.74. The van der Waals surface area contributed by atoms with Gasteiger partial charge in [0, 0.05) is 4.91 Å². The molecule has 1 aromatic heterocycles. The summed E-state index contributed by atoms with van der Waals surface area (Å²) in [6, 6.07) is 0. The molecule has 1 heterocycles. The first-order chi connectivity index (χ1) is 7.78. The van der Waals surface area contributed by atoms with E-state index in [1.807, 2.05) is 0 Å². The molecule has 0 radical (unpaired) electrons. The second-order valence-electron chi connectivity index (χ2n) is 4.04. The fourth-order valence-electron chi connectivity index (χ4n) is 2.22. The molecule has 1 aliphatic rings. The number of rotatable bonds is 3. The van der Waals surface area contributed by atoms with Crippen molar-refractivity contribution in [2.24, 2.45) is 5.11 Å². The number of nitrogens with one attached hydrogen (secondary N) is 1. The van der Waals surface area contributed by atoms with Crippen molar-refractivity contribution in [2.75, 3.05) is 0 Å². The molecule has 1 saturated carbocycles. The summed E-state index contributed by atoms with van der Waals surface area (Å²) in [5.74, 6) is 0.259. The predicted molar refractivity (Wildman–Crippen MR) is 54.1 cm³/mol. The van der Waals surface area contributed by atoms with E-state index in [0.717, 1.165) is 19.3 Å². The van der Waals surface area contributed by atoms with Crippen molar-refractivity contribution in [3.63, 3.8) is 0 Å². The van der Waals surface area contributed by atoms with Crippen LogP contribution in [0.5, 0.6) is 0 Å². The topological polar surface area (TPSA) is 123 Å². The van der Waals surface area contributed by atoms with Crippen LogP contribution in [-0.4, -0.2) is 31.3 Å². The summed E-state index contributed by atoms with van der Waals surface area (Å²) >= 11 is 0. The van der Waals surface area contributed by atoms with Gasteiger partial charge in [0.2, 0.25) is 0 Å². The number of aliphatic hydroxyl groups excluding tert-OH is 1. The van der Waals surface area contributed by atoms with Crippen LogP contribution < -0.4 is 0 Å². The molecule has 2 rings (SSSR count). The molecule has 1 aromatic rings. The Morgan fingerprint density at radius 2 is 2.19 bits per heavy atom. The number of hydrogen-bond acceptors (Lipinski definition) is 5. The molecule has 1 unspecified atom stereocenters. The molecule has 0 spiro atoms. The van der Waals surface area contributed by atoms with Gasteiger partial charge in [-0.25, -0.2) is 5.10 Å². The van der Waals surface area contributed by atoms with E-state index in [2.05, 4.69) is 30.7 Å². The minimum absolute atomic E-state index is 0.259. The molecule has 1 fully saturated rings. The summed E-state index contributed by atoms with van der Waals surface area (Å²) < 4.78 is 0. The number of nitrogens with zero attached hydrogens (tertiary/aromatic N) is 6. The Balaban J connectivity index is 2.28. The molecule has 1 atom stereocenters. The molecule has 0 aliphatic heterocycles. The predicted octanol–water partition coefficient (Wildman–Crippen LogP) is 1.25. The van der Waals surface area contributed by atoms with Crippen LogP contribution in [0, 0.1) is 0 Å². The molecule has 8 nitrogen and oxygen atoms in total. The van der Waals surface area contributed by atoms with E-state index in [-0.39, 0.29) is 5.82 Å². The SMILES string of the molecule is [N-]=[N+]=NC1(C(O)c2nnn[nH]2)CCCCC1. The van der Waals surface area contributed by atoms with Crippen LogP contribution in [0.4, 0.5) is 0 Å². The summed E-state index contributed by atoms with van der Waals surface area (Å²) in [4.78, 5) is 2.84. The maximum atomic E-state index is 10.2. The average molecular weight is 223 g/mol. The molecule has 16 heavy (non-hydrogen) atoms. The largest absolute Gasteiger partial charge is 0.384 e. The third kappa shape index (κ3) is 1.84. The first kappa shape index (κ1) is 10.8. The van der Waals surface area contributed by atoms with Crippen LogP contribution in [0.1, 0.15) is 44.0 Å². The Labute approximate surface area is 91.7 Å². The van der Waals surface area contributed by atoms with Gasteiger partial charge in [-0.1, -0.05) is 24.4 Å². The van der Waals surface area contributed by atoms with Gasteiger partial charge < -0.3 is 5.11 Å².